The molecule has 164 valence electrons. The quantitative estimate of drug-likeness (QED) is 0.689. The molecule has 0 aromatic carbocycles. The van der Waals surface area contributed by atoms with Gasteiger partial charge in [0.15, 0.2) is 11.5 Å². The third-order valence-electron chi connectivity index (χ3n) is 5.53. The lowest BCUT2D eigenvalue weighted by atomic mass is 10.00. The molecule has 0 aliphatic carbocycles. The molecule has 0 unspecified atom stereocenters. The molecular weight excluding hydrogens is 398 g/mol. The highest BCUT2D eigenvalue weighted by molar-refractivity contribution is 5.73. The van der Waals surface area contributed by atoms with Crippen LogP contribution in [0.2, 0.25) is 0 Å². The second-order valence-corrected chi connectivity index (χ2v) is 9.05. The Bertz CT molecular complexity index is 1090. The maximum absolute atomic E-state index is 12.5. The van der Waals surface area contributed by atoms with Gasteiger partial charge in [-0.05, 0) is 38.8 Å². The Morgan fingerprint density at radius 2 is 2.16 bits per heavy atom. The van der Waals surface area contributed by atoms with Crippen molar-refractivity contribution in [3.63, 3.8) is 0 Å². The molecule has 31 heavy (non-hydrogen) atoms. The van der Waals surface area contributed by atoms with Gasteiger partial charge in [0.25, 0.3) is 0 Å². The van der Waals surface area contributed by atoms with Crippen LogP contribution in [0.5, 0.6) is 0 Å². The molecule has 0 radical (unpaired) electrons. The van der Waals surface area contributed by atoms with Crippen LogP contribution in [0, 0.1) is 0 Å². The van der Waals surface area contributed by atoms with Gasteiger partial charge in [0, 0.05) is 31.3 Å². The zero-order valence-electron chi connectivity index (χ0n) is 18.0. The summed E-state index contributed by atoms with van der Waals surface area (Å²) in [5, 5.41) is 12.4. The van der Waals surface area contributed by atoms with Crippen molar-refractivity contribution in [1.29, 1.82) is 0 Å². The van der Waals surface area contributed by atoms with Crippen LogP contribution in [0.15, 0.2) is 24.7 Å². The van der Waals surface area contributed by atoms with Gasteiger partial charge in [-0.25, -0.2) is 14.3 Å². The second kappa shape index (κ2) is 7.52. The van der Waals surface area contributed by atoms with Gasteiger partial charge in [-0.15, -0.1) is 0 Å². The number of nitrogens with zero attached hydrogens (tertiary/aromatic N) is 6. The van der Waals surface area contributed by atoms with Crippen molar-refractivity contribution in [3.05, 3.63) is 35.9 Å². The Kier molecular flexibility index (Phi) is 4.81. The number of amides is 1. The summed E-state index contributed by atoms with van der Waals surface area (Å²) >= 11 is 0. The SMILES string of the molecule is CC(C)(C)OC(=O)N1CC[C@H](c2cc(Nc3cc4n(n3)CCOC4)c3ncnn3c2)C1. The highest BCUT2D eigenvalue weighted by Gasteiger charge is 2.31. The van der Waals surface area contributed by atoms with E-state index in [2.05, 4.69) is 26.6 Å². The van der Waals surface area contributed by atoms with Gasteiger partial charge < -0.3 is 19.7 Å². The zero-order chi connectivity index (χ0) is 21.6. The van der Waals surface area contributed by atoms with E-state index in [0.29, 0.717) is 26.3 Å². The molecule has 5 heterocycles. The summed E-state index contributed by atoms with van der Waals surface area (Å²) in [4.78, 5) is 18.6. The van der Waals surface area contributed by atoms with Crippen LogP contribution >= 0.6 is 0 Å². The number of carbonyl (C=O) groups is 1. The van der Waals surface area contributed by atoms with Crippen LogP contribution in [0.4, 0.5) is 16.3 Å². The number of pyridine rings is 1. The molecule has 2 aliphatic rings. The van der Waals surface area contributed by atoms with Gasteiger partial charge in [0.1, 0.15) is 11.9 Å². The number of anilines is 2. The fourth-order valence-corrected chi connectivity index (χ4v) is 4.08. The van der Waals surface area contributed by atoms with Gasteiger partial charge in [-0.1, -0.05) is 0 Å². The van der Waals surface area contributed by atoms with E-state index in [1.807, 2.05) is 37.7 Å². The van der Waals surface area contributed by atoms with E-state index in [1.54, 1.807) is 9.42 Å². The largest absolute Gasteiger partial charge is 0.444 e. The average Bonchev–Trinajstić information content (AvgIpc) is 3.44. The first kappa shape index (κ1) is 19.8. The monoisotopic (exact) mass is 425 g/mol. The lowest BCUT2D eigenvalue weighted by molar-refractivity contribution is 0.0292. The van der Waals surface area contributed by atoms with Gasteiger partial charge in [0.05, 0.1) is 31.1 Å². The molecule has 0 saturated carbocycles. The zero-order valence-corrected chi connectivity index (χ0v) is 18.0. The Hall–Kier alpha value is -3.14. The number of fused-ring (bicyclic) bond motifs is 2. The minimum atomic E-state index is -0.499. The van der Waals surface area contributed by atoms with E-state index in [9.17, 15) is 4.79 Å². The molecule has 3 aromatic rings. The molecule has 1 saturated heterocycles. The molecule has 10 nitrogen and oxygen atoms in total. The van der Waals surface area contributed by atoms with Crippen LogP contribution in [-0.2, 0) is 22.6 Å². The molecule has 5 rings (SSSR count). The highest BCUT2D eigenvalue weighted by Crippen LogP contribution is 2.32. The predicted octanol–water partition coefficient (Wildman–Crippen LogP) is 2.92. The Morgan fingerprint density at radius 3 is 2.97 bits per heavy atom. The summed E-state index contributed by atoms with van der Waals surface area (Å²) in [5.41, 5.74) is 3.21. The van der Waals surface area contributed by atoms with E-state index >= 15 is 0 Å². The smallest absolute Gasteiger partial charge is 0.410 e. The first-order valence-corrected chi connectivity index (χ1v) is 10.6. The summed E-state index contributed by atoms with van der Waals surface area (Å²) in [6.07, 6.45) is 4.14. The van der Waals surface area contributed by atoms with E-state index in [1.165, 1.54) is 6.33 Å². The lowest BCUT2D eigenvalue weighted by Crippen LogP contribution is -2.35. The second-order valence-electron chi connectivity index (χ2n) is 9.05. The predicted molar refractivity (Wildman–Crippen MR) is 113 cm³/mol. The molecule has 1 N–H and O–H groups in total. The number of ether oxygens (including phenoxy) is 2. The molecule has 1 fully saturated rings. The van der Waals surface area contributed by atoms with Crippen molar-refractivity contribution in [2.24, 2.45) is 0 Å². The van der Waals surface area contributed by atoms with Crippen molar-refractivity contribution in [2.75, 3.05) is 25.0 Å². The van der Waals surface area contributed by atoms with Gasteiger partial charge in [-0.2, -0.15) is 10.2 Å². The number of aromatic nitrogens is 5. The fourth-order valence-electron chi connectivity index (χ4n) is 4.08. The van der Waals surface area contributed by atoms with Crippen LogP contribution in [0.3, 0.4) is 0 Å². The van der Waals surface area contributed by atoms with Crippen molar-refractivity contribution in [1.82, 2.24) is 29.3 Å². The summed E-state index contributed by atoms with van der Waals surface area (Å²) < 4.78 is 14.8. The van der Waals surface area contributed by atoms with Crippen molar-refractivity contribution >= 4 is 23.2 Å². The van der Waals surface area contributed by atoms with Crippen LogP contribution in [0.1, 0.15) is 44.4 Å². The van der Waals surface area contributed by atoms with E-state index in [-0.39, 0.29) is 12.0 Å². The van der Waals surface area contributed by atoms with E-state index in [4.69, 9.17) is 9.47 Å². The van der Waals surface area contributed by atoms with Crippen molar-refractivity contribution < 1.29 is 14.3 Å². The van der Waals surface area contributed by atoms with Crippen LogP contribution < -0.4 is 5.32 Å². The summed E-state index contributed by atoms with van der Waals surface area (Å²) in [6, 6.07) is 4.08. The van der Waals surface area contributed by atoms with Crippen LogP contribution in [0.25, 0.3) is 5.65 Å². The first-order valence-electron chi connectivity index (χ1n) is 10.6. The van der Waals surface area contributed by atoms with E-state index < -0.39 is 5.60 Å². The standard InChI is InChI=1S/C21H27N7O3/c1-21(2,3)31-20(29)26-5-4-14(10-26)15-8-17(19-22-13-23-28(19)11-15)24-18-9-16-12-30-7-6-27(16)25-18/h8-9,11,13-14H,4-7,10,12H2,1-3H3,(H,24,25)/t14-/m0/s1. The number of carbonyl (C=O) groups excluding carboxylic acids is 1. The van der Waals surface area contributed by atoms with Gasteiger partial charge >= 0.3 is 6.09 Å². The summed E-state index contributed by atoms with van der Waals surface area (Å²) in [7, 11) is 0. The molecular formula is C21H27N7O3. The van der Waals surface area contributed by atoms with Gasteiger partial charge in [0.2, 0.25) is 0 Å². The first-order chi connectivity index (χ1) is 14.9. The number of hydrogen-bond acceptors (Lipinski definition) is 7. The normalized spacial score (nSPS) is 18.9. The number of rotatable bonds is 3. The molecule has 1 atom stereocenters. The summed E-state index contributed by atoms with van der Waals surface area (Å²) in [5.74, 6) is 0.953. The van der Waals surface area contributed by atoms with Crippen LogP contribution in [-0.4, -0.2) is 60.7 Å². The number of hydrogen-bond donors (Lipinski definition) is 1. The lowest BCUT2D eigenvalue weighted by Gasteiger charge is -2.24. The fraction of sp³-hybridized carbons (Fsp3) is 0.524. The Balaban J connectivity index is 1.38. The third kappa shape index (κ3) is 4.07. The molecule has 0 bridgehead atoms. The Labute approximate surface area is 180 Å². The molecule has 1 amide bonds. The molecule has 0 spiro atoms. The minimum Gasteiger partial charge on any atom is -0.444 e. The topological polar surface area (TPSA) is 98.8 Å². The summed E-state index contributed by atoms with van der Waals surface area (Å²) in [6.45, 7) is 8.93. The molecule has 3 aromatic heterocycles. The van der Waals surface area contributed by atoms with Crippen molar-refractivity contribution in [3.8, 4) is 0 Å². The van der Waals surface area contributed by atoms with E-state index in [0.717, 1.165) is 41.4 Å². The molecule has 10 heteroatoms. The third-order valence-corrected chi connectivity index (χ3v) is 5.53. The maximum Gasteiger partial charge on any atom is 0.410 e. The maximum atomic E-state index is 12.5. The number of nitrogens with one attached hydrogen (secondary N) is 1. The molecule has 2 aliphatic heterocycles. The van der Waals surface area contributed by atoms with Crippen molar-refractivity contribution in [2.45, 2.75) is 51.9 Å². The highest BCUT2D eigenvalue weighted by atomic mass is 16.6. The van der Waals surface area contributed by atoms with Gasteiger partial charge in [-0.3, -0.25) is 4.68 Å². The number of likely N-dealkylation sites (tertiary alicyclic amines) is 1. The minimum absolute atomic E-state index is 0.199. The average molecular weight is 425 g/mol. The Morgan fingerprint density at radius 1 is 1.29 bits per heavy atom.